The zero-order chi connectivity index (χ0) is 9.97. The predicted octanol–water partition coefficient (Wildman–Crippen LogP) is 1.61. The van der Waals surface area contributed by atoms with E-state index in [4.69, 9.17) is 0 Å². The van der Waals surface area contributed by atoms with Gasteiger partial charge in [-0.15, -0.1) is 0 Å². The van der Waals surface area contributed by atoms with Crippen LogP contribution in [0.15, 0.2) is 18.2 Å². The molecule has 2 N–H and O–H groups in total. The van der Waals surface area contributed by atoms with Gasteiger partial charge in [-0.2, -0.15) is 0 Å². The normalized spacial score (nSPS) is 17.6. The fourth-order valence-electron chi connectivity index (χ4n) is 2.10. The predicted molar refractivity (Wildman–Crippen MR) is 59.3 cm³/mol. The van der Waals surface area contributed by atoms with Crippen LogP contribution in [0.5, 0.6) is 0 Å². The molecule has 0 saturated heterocycles. The standard InChI is InChI=1S/C12H18N2/c1-9(13-2)11-5-3-4-10-6-7-14-8-12(10)11/h3-5,9,13-14H,6-8H2,1-2H3/t9-/m1/s1. The Morgan fingerprint density at radius 3 is 3.07 bits per heavy atom. The van der Waals surface area contributed by atoms with Crippen LogP contribution in [0.4, 0.5) is 0 Å². The van der Waals surface area contributed by atoms with Crippen molar-refractivity contribution >= 4 is 0 Å². The van der Waals surface area contributed by atoms with Crippen LogP contribution >= 0.6 is 0 Å². The van der Waals surface area contributed by atoms with Gasteiger partial charge in [0.25, 0.3) is 0 Å². The second-order valence-electron chi connectivity index (χ2n) is 3.92. The third-order valence-corrected chi connectivity index (χ3v) is 3.08. The summed E-state index contributed by atoms with van der Waals surface area (Å²) in [5.41, 5.74) is 4.46. The van der Waals surface area contributed by atoms with E-state index in [0.717, 1.165) is 13.1 Å². The van der Waals surface area contributed by atoms with Crippen molar-refractivity contribution in [3.63, 3.8) is 0 Å². The largest absolute Gasteiger partial charge is 0.313 e. The van der Waals surface area contributed by atoms with Crippen molar-refractivity contribution in [3.05, 3.63) is 34.9 Å². The maximum Gasteiger partial charge on any atom is 0.0292 e. The van der Waals surface area contributed by atoms with E-state index in [2.05, 4.69) is 35.8 Å². The second-order valence-corrected chi connectivity index (χ2v) is 3.92. The summed E-state index contributed by atoms with van der Waals surface area (Å²) in [7, 11) is 2.01. The number of nitrogens with one attached hydrogen (secondary N) is 2. The quantitative estimate of drug-likeness (QED) is 0.740. The fourth-order valence-corrected chi connectivity index (χ4v) is 2.10. The Balaban J connectivity index is 2.39. The van der Waals surface area contributed by atoms with Gasteiger partial charge in [-0.25, -0.2) is 0 Å². The van der Waals surface area contributed by atoms with Gasteiger partial charge >= 0.3 is 0 Å². The first-order valence-electron chi connectivity index (χ1n) is 5.31. The highest BCUT2D eigenvalue weighted by atomic mass is 14.9. The van der Waals surface area contributed by atoms with E-state index < -0.39 is 0 Å². The molecule has 1 aromatic rings. The lowest BCUT2D eigenvalue weighted by molar-refractivity contribution is 0.601. The zero-order valence-electron chi connectivity index (χ0n) is 8.93. The maximum atomic E-state index is 3.43. The van der Waals surface area contributed by atoms with E-state index in [9.17, 15) is 0 Å². The lowest BCUT2D eigenvalue weighted by Gasteiger charge is -2.23. The Morgan fingerprint density at radius 1 is 1.43 bits per heavy atom. The van der Waals surface area contributed by atoms with Crippen LogP contribution in [0.2, 0.25) is 0 Å². The molecule has 76 valence electrons. The van der Waals surface area contributed by atoms with Crippen molar-refractivity contribution in [2.75, 3.05) is 13.6 Å². The van der Waals surface area contributed by atoms with Crippen LogP contribution < -0.4 is 10.6 Å². The molecule has 0 aromatic heterocycles. The van der Waals surface area contributed by atoms with Crippen LogP contribution in [-0.2, 0) is 13.0 Å². The first-order chi connectivity index (χ1) is 6.83. The average molecular weight is 190 g/mol. The van der Waals surface area contributed by atoms with E-state index in [-0.39, 0.29) is 0 Å². The molecule has 1 aromatic carbocycles. The summed E-state index contributed by atoms with van der Waals surface area (Å²) in [6.45, 7) is 4.35. The van der Waals surface area contributed by atoms with Crippen LogP contribution in [0.3, 0.4) is 0 Å². The number of hydrogen-bond acceptors (Lipinski definition) is 2. The molecule has 0 radical (unpaired) electrons. The van der Waals surface area contributed by atoms with Crippen molar-refractivity contribution in [3.8, 4) is 0 Å². The summed E-state index contributed by atoms with van der Waals surface area (Å²) in [5.74, 6) is 0. The first-order valence-corrected chi connectivity index (χ1v) is 5.31. The highest BCUT2D eigenvalue weighted by Crippen LogP contribution is 2.23. The number of rotatable bonds is 2. The number of fused-ring (bicyclic) bond motifs is 1. The summed E-state index contributed by atoms with van der Waals surface area (Å²) in [5, 5.41) is 6.74. The summed E-state index contributed by atoms with van der Waals surface area (Å²) in [4.78, 5) is 0. The minimum Gasteiger partial charge on any atom is -0.313 e. The zero-order valence-corrected chi connectivity index (χ0v) is 8.93. The number of hydrogen-bond donors (Lipinski definition) is 2. The van der Waals surface area contributed by atoms with E-state index >= 15 is 0 Å². The van der Waals surface area contributed by atoms with Crippen LogP contribution in [-0.4, -0.2) is 13.6 Å². The van der Waals surface area contributed by atoms with Crippen LogP contribution in [0.1, 0.15) is 29.7 Å². The van der Waals surface area contributed by atoms with E-state index in [0.29, 0.717) is 6.04 Å². The van der Waals surface area contributed by atoms with Crippen molar-refractivity contribution in [2.24, 2.45) is 0 Å². The molecule has 1 atom stereocenters. The Kier molecular flexibility index (Phi) is 2.85. The minimum atomic E-state index is 0.449. The highest BCUT2D eigenvalue weighted by Gasteiger charge is 2.14. The minimum absolute atomic E-state index is 0.449. The number of benzene rings is 1. The van der Waals surface area contributed by atoms with Crippen LogP contribution in [0, 0.1) is 0 Å². The monoisotopic (exact) mass is 190 g/mol. The molecule has 2 nitrogen and oxygen atoms in total. The molecule has 0 aliphatic carbocycles. The van der Waals surface area contributed by atoms with Gasteiger partial charge in [-0.1, -0.05) is 18.2 Å². The average Bonchev–Trinajstić information content (AvgIpc) is 2.27. The molecule has 0 bridgehead atoms. The summed E-state index contributed by atoms with van der Waals surface area (Å²) >= 11 is 0. The third-order valence-electron chi connectivity index (χ3n) is 3.08. The second kappa shape index (κ2) is 4.11. The third kappa shape index (κ3) is 1.68. The summed E-state index contributed by atoms with van der Waals surface area (Å²) < 4.78 is 0. The highest BCUT2D eigenvalue weighted by molar-refractivity contribution is 5.38. The lowest BCUT2D eigenvalue weighted by atomic mass is 9.93. The van der Waals surface area contributed by atoms with E-state index in [1.165, 1.54) is 23.1 Å². The molecule has 14 heavy (non-hydrogen) atoms. The van der Waals surface area contributed by atoms with Crippen molar-refractivity contribution < 1.29 is 0 Å². The summed E-state index contributed by atoms with van der Waals surface area (Å²) in [6.07, 6.45) is 1.17. The SMILES string of the molecule is CN[C@H](C)c1cccc2c1CNCC2. The Bertz CT molecular complexity index is 320. The van der Waals surface area contributed by atoms with Crippen LogP contribution in [0.25, 0.3) is 0 Å². The molecule has 1 aliphatic heterocycles. The first kappa shape index (κ1) is 9.69. The molecule has 1 aliphatic rings. The van der Waals surface area contributed by atoms with Gasteiger partial charge in [0.1, 0.15) is 0 Å². The molecular weight excluding hydrogens is 172 g/mol. The van der Waals surface area contributed by atoms with Gasteiger partial charge < -0.3 is 10.6 Å². The molecule has 0 unspecified atom stereocenters. The Labute approximate surface area is 85.7 Å². The smallest absolute Gasteiger partial charge is 0.0292 e. The van der Waals surface area contributed by atoms with E-state index in [1.54, 1.807) is 0 Å². The molecule has 2 rings (SSSR count). The van der Waals surface area contributed by atoms with Crippen molar-refractivity contribution in [2.45, 2.75) is 25.9 Å². The van der Waals surface area contributed by atoms with Gasteiger partial charge in [0.05, 0.1) is 0 Å². The fraction of sp³-hybridized carbons (Fsp3) is 0.500. The lowest BCUT2D eigenvalue weighted by Crippen LogP contribution is -2.26. The van der Waals surface area contributed by atoms with Gasteiger partial charge in [0, 0.05) is 12.6 Å². The Hall–Kier alpha value is -0.860. The molecule has 0 spiro atoms. The van der Waals surface area contributed by atoms with E-state index in [1.807, 2.05) is 7.05 Å². The van der Waals surface area contributed by atoms with Gasteiger partial charge in [-0.3, -0.25) is 0 Å². The molecule has 2 heteroatoms. The molecule has 0 saturated carbocycles. The molecule has 0 fully saturated rings. The maximum absolute atomic E-state index is 3.43. The molecular formula is C12H18N2. The topological polar surface area (TPSA) is 24.1 Å². The molecule has 1 heterocycles. The Morgan fingerprint density at radius 2 is 2.29 bits per heavy atom. The summed E-state index contributed by atoms with van der Waals surface area (Å²) in [6, 6.07) is 7.10. The van der Waals surface area contributed by atoms with Gasteiger partial charge in [-0.05, 0) is 43.6 Å². The van der Waals surface area contributed by atoms with Gasteiger partial charge in [0.15, 0.2) is 0 Å². The van der Waals surface area contributed by atoms with Crippen molar-refractivity contribution in [1.29, 1.82) is 0 Å². The molecule has 0 amide bonds. The van der Waals surface area contributed by atoms with Gasteiger partial charge in [0.2, 0.25) is 0 Å². The van der Waals surface area contributed by atoms with Crippen molar-refractivity contribution in [1.82, 2.24) is 10.6 Å².